The summed E-state index contributed by atoms with van der Waals surface area (Å²) >= 11 is 0. The van der Waals surface area contributed by atoms with Gasteiger partial charge < -0.3 is 20.1 Å². The highest BCUT2D eigenvalue weighted by molar-refractivity contribution is 5.88. The molecule has 2 aromatic carbocycles. The van der Waals surface area contributed by atoms with Crippen molar-refractivity contribution in [3.63, 3.8) is 0 Å². The van der Waals surface area contributed by atoms with Gasteiger partial charge in [0.1, 0.15) is 0 Å². The van der Waals surface area contributed by atoms with Gasteiger partial charge >= 0.3 is 0 Å². The van der Waals surface area contributed by atoms with Gasteiger partial charge in [-0.05, 0) is 48.7 Å². The quantitative estimate of drug-likeness (QED) is 0.596. The molecule has 5 nitrogen and oxygen atoms in total. The first kappa shape index (κ1) is 20.8. The number of carbonyl (C=O) groups excluding carboxylic acids is 1. The predicted molar refractivity (Wildman–Crippen MR) is 109 cm³/mol. The van der Waals surface area contributed by atoms with E-state index in [1.54, 1.807) is 7.11 Å². The SMILES string of the molecule is CCCCOc1ccc(C(C)NCc2ccc(NC(C)=O)cc2)cc1OC. The van der Waals surface area contributed by atoms with Gasteiger partial charge in [0.05, 0.1) is 13.7 Å². The number of unbranched alkanes of at least 4 members (excludes halogenated alkanes) is 1. The second-order valence-corrected chi connectivity index (χ2v) is 6.59. The predicted octanol–water partition coefficient (Wildman–Crippen LogP) is 4.68. The Morgan fingerprint density at radius 3 is 2.48 bits per heavy atom. The summed E-state index contributed by atoms with van der Waals surface area (Å²) in [5, 5.41) is 6.29. The van der Waals surface area contributed by atoms with Gasteiger partial charge in [-0.2, -0.15) is 0 Å². The van der Waals surface area contributed by atoms with Crippen LogP contribution in [-0.4, -0.2) is 19.6 Å². The second kappa shape index (κ2) is 10.6. The third-order valence-corrected chi connectivity index (χ3v) is 4.33. The summed E-state index contributed by atoms with van der Waals surface area (Å²) in [7, 11) is 1.67. The molecule has 0 radical (unpaired) electrons. The summed E-state index contributed by atoms with van der Waals surface area (Å²) < 4.78 is 11.3. The number of rotatable bonds is 10. The van der Waals surface area contributed by atoms with Crippen LogP contribution >= 0.6 is 0 Å². The minimum Gasteiger partial charge on any atom is -0.493 e. The molecular formula is C22H30N2O3. The minimum atomic E-state index is -0.0643. The summed E-state index contributed by atoms with van der Waals surface area (Å²) in [5.41, 5.74) is 3.11. The molecule has 2 aromatic rings. The summed E-state index contributed by atoms with van der Waals surface area (Å²) in [4.78, 5) is 11.1. The molecule has 27 heavy (non-hydrogen) atoms. The lowest BCUT2D eigenvalue weighted by molar-refractivity contribution is -0.114. The second-order valence-electron chi connectivity index (χ2n) is 6.59. The van der Waals surface area contributed by atoms with Crippen molar-refractivity contribution in [1.82, 2.24) is 5.32 Å². The Kier molecular flexibility index (Phi) is 8.14. The van der Waals surface area contributed by atoms with E-state index in [4.69, 9.17) is 9.47 Å². The number of benzene rings is 2. The number of hydrogen-bond acceptors (Lipinski definition) is 4. The first-order valence-electron chi connectivity index (χ1n) is 9.44. The van der Waals surface area contributed by atoms with E-state index in [2.05, 4.69) is 30.5 Å². The van der Waals surface area contributed by atoms with Crippen molar-refractivity contribution in [2.24, 2.45) is 0 Å². The molecule has 0 aromatic heterocycles. The maximum Gasteiger partial charge on any atom is 0.221 e. The van der Waals surface area contributed by atoms with E-state index in [9.17, 15) is 4.79 Å². The highest BCUT2D eigenvalue weighted by Gasteiger charge is 2.10. The van der Waals surface area contributed by atoms with Crippen LogP contribution in [0.15, 0.2) is 42.5 Å². The van der Waals surface area contributed by atoms with Crippen molar-refractivity contribution in [2.45, 2.75) is 46.2 Å². The van der Waals surface area contributed by atoms with Crippen LogP contribution in [-0.2, 0) is 11.3 Å². The van der Waals surface area contributed by atoms with E-state index >= 15 is 0 Å². The van der Waals surface area contributed by atoms with Crippen molar-refractivity contribution >= 4 is 11.6 Å². The van der Waals surface area contributed by atoms with Crippen LogP contribution in [0, 0.1) is 0 Å². The molecule has 0 bridgehead atoms. The number of ether oxygens (including phenoxy) is 2. The number of hydrogen-bond donors (Lipinski definition) is 2. The van der Waals surface area contributed by atoms with Crippen molar-refractivity contribution in [3.8, 4) is 11.5 Å². The van der Waals surface area contributed by atoms with Gasteiger partial charge in [-0.15, -0.1) is 0 Å². The third kappa shape index (κ3) is 6.61. The fourth-order valence-electron chi connectivity index (χ4n) is 2.70. The van der Waals surface area contributed by atoms with Gasteiger partial charge in [-0.1, -0.05) is 31.5 Å². The zero-order valence-corrected chi connectivity index (χ0v) is 16.7. The zero-order valence-electron chi connectivity index (χ0n) is 16.7. The molecule has 1 unspecified atom stereocenters. The van der Waals surface area contributed by atoms with E-state index in [-0.39, 0.29) is 11.9 Å². The Bertz CT molecular complexity index is 729. The van der Waals surface area contributed by atoms with Crippen LogP contribution in [0.4, 0.5) is 5.69 Å². The summed E-state index contributed by atoms with van der Waals surface area (Å²) in [5.74, 6) is 1.48. The number of amides is 1. The fraction of sp³-hybridized carbons (Fsp3) is 0.409. The van der Waals surface area contributed by atoms with E-state index in [1.165, 1.54) is 6.92 Å². The fourth-order valence-corrected chi connectivity index (χ4v) is 2.70. The molecule has 0 heterocycles. The van der Waals surface area contributed by atoms with Gasteiger partial charge in [0, 0.05) is 25.2 Å². The van der Waals surface area contributed by atoms with Gasteiger partial charge in [0.25, 0.3) is 0 Å². The molecular weight excluding hydrogens is 340 g/mol. The highest BCUT2D eigenvalue weighted by atomic mass is 16.5. The lowest BCUT2D eigenvalue weighted by Crippen LogP contribution is -2.18. The molecule has 5 heteroatoms. The van der Waals surface area contributed by atoms with Crippen LogP contribution in [0.25, 0.3) is 0 Å². The molecule has 2 N–H and O–H groups in total. The number of carbonyl (C=O) groups is 1. The molecule has 0 aliphatic rings. The van der Waals surface area contributed by atoms with Gasteiger partial charge in [-0.25, -0.2) is 0 Å². The molecule has 0 saturated carbocycles. The van der Waals surface area contributed by atoms with Crippen molar-refractivity contribution in [1.29, 1.82) is 0 Å². The van der Waals surface area contributed by atoms with Crippen LogP contribution in [0.3, 0.4) is 0 Å². The summed E-state index contributed by atoms with van der Waals surface area (Å²) in [6.45, 7) is 7.21. The molecule has 146 valence electrons. The first-order chi connectivity index (χ1) is 13.0. The van der Waals surface area contributed by atoms with Gasteiger partial charge in [-0.3, -0.25) is 4.79 Å². The van der Waals surface area contributed by atoms with Crippen LogP contribution in [0.2, 0.25) is 0 Å². The number of anilines is 1. The van der Waals surface area contributed by atoms with E-state index in [0.29, 0.717) is 6.61 Å². The molecule has 1 amide bonds. The van der Waals surface area contributed by atoms with Crippen molar-refractivity contribution < 1.29 is 14.3 Å². The highest BCUT2D eigenvalue weighted by Crippen LogP contribution is 2.30. The monoisotopic (exact) mass is 370 g/mol. The Hall–Kier alpha value is -2.53. The number of nitrogens with one attached hydrogen (secondary N) is 2. The third-order valence-electron chi connectivity index (χ3n) is 4.33. The maximum atomic E-state index is 11.1. The molecule has 0 fully saturated rings. The molecule has 0 saturated heterocycles. The molecule has 0 spiro atoms. The molecule has 2 rings (SSSR count). The van der Waals surface area contributed by atoms with Crippen LogP contribution in [0.5, 0.6) is 11.5 Å². The van der Waals surface area contributed by atoms with E-state index in [0.717, 1.165) is 47.7 Å². The molecule has 1 atom stereocenters. The first-order valence-corrected chi connectivity index (χ1v) is 9.44. The normalized spacial score (nSPS) is 11.7. The summed E-state index contributed by atoms with van der Waals surface area (Å²) in [6, 6.07) is 14.1. The smallest absolute Gasteiger partial charge is 0.221 e. The lowest BCUT2D eigenvalue weighted by Gasteiger charge is -2.17. The lowest BCUT2D eigenvalue weighted by atomic mass is 10.1. The average molecular weight is 370 g/mol. The van der Waals surface area contributed by atoms with Crippen molar-refractivity contribution in [3.05, 3.63) is 53.6 Å². The zero-order chi connectivity index (χ0) is 19.6. The van der Waals surface area contributed by atoms with Crippen LogP contribution < -0.4 is 20.1 Å². The maximum absolute atomic E-state index is 11.1. The van der Waals surface area contributed by atoms with E-state index < -0.39 is 0 Å². The topological polar surface area (TPSA) is 59.6 Å². The molecule has 0 aliphatic heterocycles. The summed E-state index contributed by atoms with van der Waals surface area (Å²) in [6.07, 6.45) is 2.14. The Morgan fingerprint density at radius 2 is 1.85 bits per heavy atom. The average Bonchev–Trinajstić information content (AvgIpc) is 2.67. The van der Waals surface area contributed by atoms with Crippen molar-refractivity contribution in [2.75, 3.05) is 19.0 Å². The standard InChI is InChI=1S/C22H30N2O3/c1-5-6-13-27-21-12-9-19(14-22(21)26-4)16(2)23-15-18-7-10-20(11-8-18)24-17(3)25/h7-12,14,16,23H,5-6,13,15H2,1-4H3,(H,24,25). The van der Waals surface area contributed by atoms with Crippen LogP contribution in [0.1, 0.15) is 50.8 Å². The largest absolute Gasteiger partial charge is 0.493 e. The molecule has 0 aliphatic carbocycles. The Labute approximate surface area is 162 Å². The number of methoxy groups -OCH3 is 1. The van der Waals surface area contributed by atoms with E-state index in [1.807, 2.05) is 36.4 Å². The minimum absolute atomic E-state index is 0.0643. The Morgan fingerprint density at radius 1 is 1.11 bits per heavy atom. The Balaban J connectivity index is 1.94. The van der Waals surface area contributed by atoms with Gasteiger partial charge in [0.2, 0.25) is 5.91 Å². The van der Waals surface area contributed by atoms with Gasteiger partial charge in [0.15, 0.2) is 11.5 Å².